The molecule has 3 aromatic carbocycles. The molecule has 2 aromatic heterocycles. The summed E-state index contributed by atoms with van der Waals surface area (Å²) in [5.41, 5.74) is 10.4. The van der Waals surface area contributed by atoms with Gasteiger partial charge in [-0.15, -0.1) is 0 Å². The molecule has 5 N–H and O–H groups in total. The topological polar surface area (TPSA) is 141 Å². The lowest BCUT2D eigenvalue weighted by Crippen LogP contribution is -2.42. The Labute approximate surface area is 374 Å². The zero-order valence-corrected chi connectivity index (χ0v) is 38.5. The minimum Gasteiger partial charge on any atom is -0.381 e. The quantitative estimate of drug-likeness (QED) is 0.0905. The highest BCUT2D eigenvalue weighted by Gasteiger charge is 2.23. The van der Waals surface area contributed by atoms with E-state index >= 15 is 0 Å². The van der Waals surface area contributed by atoms with Crippen molar-refractivity contribution in [3.63, 3.8) is 0 Å². The van der Waals surface area contributed by atoms with Crippen molar-refractivity contribution in [3.8, 4) is 11.1 Å². The first-order valence-electron chi connectivity index (χ1n) is 23.2. The maximum absolute atomic E-state index is 13.6. The van der Waals surface area contributed by atoms with Crippen LogP contribution in [0.4, 0.5) is 5.69 Å². The zero-order chi connectivity index (χ0) is 44.6. The molecular weight excluding hydrogens is 789 g/mol. The molecule has 8 rings (SSSR count). The maximum atomic E-state index is 13.6. The van der Waals surface area contributed by atoms with Crippen molar-refractivity contribution in [2.24, 2.45) is 0 Å². The van der Waals surface area contributed by atoms with Crippen molar-refractivity contribution in [1.29, 1.82) is 0 Å². The number of nitrogens with one attached hydrogen (secondary N) is 5. The fourth-order valence-electron chi connectivity index (χ4n) is 8.38. The molecule has 2 amide bonds. The second-order valence-corrected chi connectivity index (χ2v) is 16.3. The molecule has 5 aromatic rings. The number of carbonyl (C=O) groups is 2. The van der Waals surface area contributed by atoms with Crippen LogP contribution in [-0.4, -0.2) is 115 Å². The largest absolute Gasteiger partial charge is 0.381 e. The summed E-state index contributed by atoms with van der Waals surface area (Å²) < 4.78 is 7.52. The van der Waals surface area contributed by atoms with Crippen molar-refractivity contribution in [3.05, 3.63) is 112 Å². The van der Waals surface area contributed by atoms with Gasteiger partial charge in [0.15, 0.2) is 5.65 Å². The van der Waals surface area contributed by atoms with Crippen molar-refractivity contribution >= 4 is 28.5 Å². The van der Waals surface area contributed by atoms with Crippen LogP contribution >= 0.6 is 0 Å². The minimum absolute atomic E-state index is 0.230. The van der Waals surface area contributed by atoms with Crippen molar-refractivity contribution in [2.45, 2.75) is 86.1 Å². The Morgan fingerprint density at radius 1 is 0.825 bits per heavy atom. The molecule has 63 heavy (non-hydrogen) atoms. The Balaban J connectivity index is 0.000000661. The highest BCUT2D eigenvalue weighted by atomic mass is 16.5. The first kappa shape index (κ1) is 47.3. The Hall–Kier alpha value is -5.18. The van der Waals surface area contributed by atoms with Gasteiger partial charge in [-0.2, -0.15) is 5.10 Å². The molecular formula is C50H70N10O3. The third-order valence-electron chi connectivity index (χ3n) is 12.1. The predicted molar refractivity (Wildman–Crippen MR) is 255 cm³/mol. The van der Waals surface area contributed by atoms with Crippen LogP contribution in [0.1, 0.15) is 89.2 Å². The predicted octanol–water partition coefficient (Wildman–Crippen LogP) is 6.39. The highest BCUT2D eigenvalue weighted by Crippen LogP contribution is 2.32. The Bertz CT molecular complexity index is 2240. The molecule has 0 bridgehead atoms. The number of hydrogen-bond acceptors (Lipinski definition) is 10. The van der Waals surface area contributed by atoms with Gasteiger partial charge in [-0.05, 0) is 92.2 Å². The lowest BCUT2D eigenvalue weighted by Gasteiger charge is -2.27. The fraction of sp³-hybridized carbons (Fsp3) is 0.480. The summed E-state index contributed by atoms with van der Waals surface area (Å²) in [6, 6.07) is 22.2. The van der Waals surface area contributed by atoms with Crippen LogP contribution < -0.4 is 26.6 Å². The standard InChI is InChI=1S/C43H52N8O3.C5H12N2.C2H6/c1-4-39-37(40(48-35-15-21-54-22-16-35)38-27-47-51(5-2)41(38)49-39)26-46-43(53)33-12-7-11-32(24-33)42(52)45-25-34-13-8-14-36(29(34)3)31-10-6-9-30(23-31)28-50-19-17-44-18-20-50;1-7-4-2-6-3-5-7;1-2/h6-14,23-24,27,35,44H,4-5,15-22,25-26,28H2,1-3H3,(H,45,52)(H,46,53)(H,48,49);6H,2-5H2,1H3;1-2H3. The lowest BCUT2D eigenvalue weighted by atomic mass is 9.95. The molecule has 3 aliphatic heterocycles. The van der Waals surface area contributed by atoms with Gasteiger partial charge in [0.2, 0.25) is 0 Å². The Morgan fingerprint density at radius 2 is 1.48 bits per heavy atom. The van der Waals surface area contributed by atoms with E-state index < -0.39 is 0 Å². The van der Waals surface area contributed by atoms with E-state index in [0.717, 1.165) is 103 Å². The van der Waals surface area contributed by atoms with E-state index in [-0.39, 0.29) is 17.9 Å². The van der Waals surface area contributed by atoms with Gasteiger partial charge in [-0.1, -0.05) is 63.2 Å². The van der Waals surface area contributed by atoms with E-state index in [9.17, 15) is 9.59 Å². The van der Waals surface area contributed by atoms with Crippen molar-refractivity contribution in [2.75, 3.05) is 77.9 Å². The van der Waals surface area contributed by atoms with Gasteiger partial charge < -0.3 is 36.2 Å². The van der Waals surface area contributed by atoms with Gasteiger partial charge in [0.1, 0.15) is 0 Å². The van der Waals surface area contributed by atoms with E-state index in [1.165, 1.54) is 24.2 Å². The van der Waals surface area contributed by atoms with Gasteiger partial charge in [0.05, 0.1) is 17.3 Å². The number of likely N-dealkylation sites (N-methyl/N-ethyl adjacent to an activating group) is 1. The number of fused-ring (bicyclic) bond motifs is 1. The van der Waals surface area contributed by atoms with Gasteiger partial charge in [-0.25, -0.2) is 9.67 Å². The summed E-state index contributed by atoms with van der Waals surface area (Å²) in [6.45, 7) is 22.9. The molecule has 0 radical (unpaired) electrons. The van der Waals surface area contributed by atoms with Crippen LogP contribution in [-0.2, 0) is 37.3 Å². The summed E-state index contributed by atoms with van der Waals surface area (Å²) in [7, 11) is 2.15. The molecule has 338 valence electrons. The number of amides is 2. The monoisotopic (exact) mass is 859 g/mol. The van der Waals surface area contributed by atoms with Crippen LogP contribution in [0.5, 0.6) is 0 Å². The minimum atomic E-state index is -0.254. The third-order valence-corrected chi connectivity index (χ3v) is 12.1. The van der Waals surface area contributed by atoms with Crippen LogP contribution in [0, 0.1) is 6.92 Å². The number of benzene rings is 3. The van der Waals surface area contributed by atoms with Crippen LogP contribution in [0.25, 0.3) is 22.2 Å². The first-order valence-corrected chi connectivity index (χ1v) is 23.2. The molecule has 5 heterocycles. The molecule has 3 saturated heterocycles. The van der Waals surface area contributed by atoms with E-state index in [0.29, 0.717) is 50.4 Å². The number of hydrogen-bond donors (Lipinski definition) is 5. The summed E-state index contributed by atoms with van der Waals surface area (Å²) in [6.07, 6.45) is 4.39. The number of anilines is 1. The number of rotatable bonds is 13. The molecule has 0 spiro atoms. The van der Waals surface area contributed by atoms with Gasteiger partial charge >= 0.3 is 0 Å². The van der Waals surface area contributed by atoms with Crippen molar-refractivity contribution in [1.82, 2.24) is 45.8 Å². The fourth-order valence-corrected chi connectivity index (χ4v) is 8.38. The summed E-state index contributed by atoms with van der Waals surface area (Å²) in [5.74, 6) is -0.484. The SMILES string of the molecule is CC.CCc1nc2c(cnn2CC)c(NC2CCOCC2)c1CNC(=O)c1cccc(C(=O)NCc2cccc(-c3cccc(CN4CCNCC4)c3)c2C)c1.CN1CCNCC1. The summed E-state index contributed by atoms with van der Waals surface area (Å²) in [4.78, 5) is 36.9. The van der Waals surface area contributed by atoms with Crippen LogP contribution in [0.2, 0.25) is 0 Å². The van der Waals surface area contributed by atoms with Gasteiger partial charge in [0, 0.05) is 120 Å². The number of nitrogens with zero attached hydrogens (tertiary/aromatic N) is 5. The number of aromatic nitrogens is 3. The third kappa shape index (κ3) is 12.7. The zero-order valence-electron chi connectivity index (χ0n) is 38.5. The number of pyridine rings is 1. The number of carbonyl (C=O) groups excluding carboxylic acids is 2. The molecule has 0 unspecified atom stereocenters. The Morgan fingerprint density at radius 3 is 2.13 bits per heavy atom. The van der Waals surface area contributed by atoms with Gasteiger partial charge in [-0.3, -0.25) is 14.5 Å². The molecule has 3 fully saturated rings. The molecule has 0 saturated carbocycles. The highest BCUT2D eigenvalue weighted by molar-refractivity contribution is 6.00. The van der Waals surface area contributed by atoms with Crippen LogP contribution in [0.15, 0.2) is 72.9 Å². The maximum Gasteiger partial charge on any atom is 0.251 e. The molecule has 0 atom stereocenters. The number of piperazine rings is 2. The number of aryl methyl sites for hydroxylation is 2. The Kier molecular flexibility index (Phi) is 18.0. The van der Waals surface area contributed by atoms with Gasteiger partial charge in [0.25, 0.3) is 11.8 Å². The first-order chi connectivity index (χ1) is 30.8. The second kappa shape index (κ2) is 24.0. The molecule has 3 aliphatic rings. The smallest absolute Gasteiger partial charge is 0.251 e. The molecule has 13 heteroatoms. The van der Waals surface area contributed by atoms with Crippen LogP contribution in [0.3, 0.4) is 0 Å². The lowest BCUT2D eigenvalue weighted by molar-refractivity contribution is 0.0904. The summed E-state index contributed by atoms with van der Waals surface area (Å²) in [5, 5.41) is 22.2. The normalized spacial score (nSPS) is 16.0. The van der Waals surface area contributed by atoms with E-state index in [2.05, 4.69) is 112 Å². The summed E-state index contributed by atoms with van der Waals surface area (Å²) >= 11 is 0. The van der Waals surface area contributed by atoms with E-state index in [1.807, 2.05) is 24.7 Å². The molecule has 13 nitrogen and oxygen atoms in total. The average Bonchev–Trinajstić information content (AvgIpc) is 3.75. The van der Waals surface area contributed by atoms with Crippen molar-refractivity contribution < 1.29 is 14.3 Å². The molecule has 0 aliphatic carbocycles. The number of ether oxygens (including phenoxy) is 1. The second-order valence-electron chi connectivity index (χ2n) is 16.3. The average molecular weight is 859 g/mol. The van der Waals surface area contributed by atoms with E-state index in [1.54, 1.807) is 24.3 Å². The van der Waals surface area contributed by atoms with E-state index in [4.69, 9.17) is 9.72 Å².